The number of hydrogen-bond donors (Lipinski definition) is 0. The van der Waals surface area contributed by atoms with Gasteiger partial charge in [0.15, 0.2) is 3.95 Å². The van der Waals surface area contributed by atoms with Crippen LogP contribution in [0, 0.1) is 9.87 Å². The first-order valence-electron chi connectivity index (χ1n) is 11.6. The smallest absolute Gasteiger partial charge is 0.268 e. The maximum absolute atomic E-state index is 13.6. The molecule has 5 rings (SSSR count). The first kappa shape index (κ1) is 21.5. The topological polar surface area (TPSA) is 59.6 Å². The summed E-state index contributed by atoms with van der Waals surface area (Å²) >= 11 is 7.06. The molecule has 0 aromatic carbocycles. The van der Waals surface area contributed by atoms with Gasteiger partial charge in [0.2, 0.25) is 0 Å². The summed E-state index contributed by atoms with van der Waals surface area (Å²) in [6.07, 6.45) is 9.33. The van der Waals surface area contributed by atoms with E-state index < -0.39 is 0 Å². The van der Waals surface area contributed by atoms with E-state index in [1.54, 1.807) is 21.2 Å². The number of aromatic nitrogens is 3. The van der Waals surface area contributed by atoms with E-state index in [9.17, 15) is 9.59 Å². The summed E-state index contributed by atoms with van der Waals surface area (Å²) in [5.74, 6) is 1.34. The van der Waals surface area contributed by atoms with Gasteiger partial charge >= 0.3 is 0 Å². The molecule has 6 nitrogen and oxygen atoms in total. The first-order chi connectivity index (χ1) is 15.5. The monoisotopic (exact) mass is 468 g/mol. The molecule has 1 saturated heterocycles. The fourth-order valence-electron chi connectivity index (χ4n) is 4.98. The summed E-state index contributed by atoms with van der Waals surface area (Å²) in [7, 11) is 0. The standard InChI is InChI=1S/C24H28N4O2S2/c1-16-10-13-26(14-11-16)22-21(23(30)27-12-6-5-9-19(27)25-22)18-15-20(29)28(24(31)32-18)17-7-3-2-4-8-17/h5-6,9,12,15-17H,2-4,7-8,10-11,13-14H2,1H3. The molecule has 4 heterocycles. The van der Waals surface area contributed by atoms with E-state index in [0.29, 0.717) is 31.8 Å². The molecule has 0 bridgehead atoms. The van der Waals surface area contributed by atoms with Crippen molar-refractivity contribution in [3.05, 3.63) is 55.1 Å². The molecule has 0 unspecified atom stereocenters. The van der Waals surface area contributed by atoms with Crippen molar-refractivity contribution in [3.63, 3.8) is 0 Å². The molecule has 1 saturated carbocycles. The Morgan fingerprint density at radius 3 is 2.53 bits per heavy atom. The second kappa shape index (κ2) is 8.90. The van der Waals surface area contributed by atoms with Crippen LogP contribution in [0.15, 0.2) is 40.1 Å². The van der Waals surface area contributed by atoms with Gasteiger partial charge in [0.25, 0.3) is 11.1 Å². The summed E-state index contributed by atoms with van der Waals surface area (Å²) < 4.78 is 3.89. The van der Waals surface area contributed by atoms with Crippen molar-refractivity contribution < 1.29 is 0 Å². The van der Waals surface area contributed by atoms with E-state index in [4.69, 9.17) is 17.2 Å². The van der Waals surface area contributed by atoms with E-state index in [1.807, 2.05) is 18.2 Å². The van der Waals surface area contributed by atoms with Crippen LogP contribution in [0.4, 0.5) is 5.82 Å². The zero-order valence-electron chi connectivity index (χ0n) is 18.3. The van der Waals surface area contributed by atoms with Gasteiger partial charge in [-0.3, -0.25) is 18.6 Å². The molecule has 0 radical (unpaired) electrons. The van der Waals surface area contributed by atoms with Gasteiger partial charge < -0.3 is 4.90 Å². The Kier molecular flexibility index (Phi) is 5.99. The second-order valence-electron chi connectivity index (χ2n) is 9.09. The molecule has 1 aliphatic heterocycles. The van der Waals surface area contributed by atoms with Crippen molar-refractivity contribution >= 4 is 35.0 Å². The molecule has 0 atom stereocenters. The third-order valence-electron chi connectivity index (χ3n) is 6.87. The minimum Gasteiger partial charge on any atom is -0.356 e. The highest BCUT2D eigenvalue weighted by atomic mass is 32.1. The lowest BCUT2D eigenvalue weighted by molar-refractivity contribution is 0.346. The van der Waals surface area contributed by atoms with Gasteiger partial charge in [0, 0.05) is 31.4 Å². The van der Waals surface area contributed by atoms with Crippen molar-refractivity contribution in [2.45, 2.75) is 57.9 Å². The van der Waals surface area contributed by atoms with Crippen molar-refractivity contribution in [1.29, 1.82) is 0 Å². The van der Waals surface area contributed by atoms with Gasteiger partial charge in [-0.25, -0.2) is 4.98 Å². The molecule has 0 N–H and O–H groups in total. The summed E-state index contributed by atoms with van der Waals surface area (Å²) in [6.45, 7) is 3.97. The zero-order chi connectivity index (χ0) is 22.2. The van der Waals surface area contributed by atoms with Crippen LogP contribution in [0.3, 0.4) is 0 Å². The van der Waals surface area contributed by atoms with E-state index in [2.05, 4.69) is 11.8 Å². The molecule has 0 amide bonds. The molecule has 8 heteroatoms. The predicted octanol–water partition coefficient (Wildman–Crippen LogP) is 5.06. The molecule has 3 aromatic heterocycles. The molecule has 2 aliphatic rings. The SMILES string of the molecule is CC1CCN(c2nc3ccccn3c(=O)c2-c2cc(=O)n(C3CCCCC3)c(=S)s2)CC1. The summed E-state index contributed by atoms with van der Waals surface area (Å²) in [6, 6.07) is 7.35. The van der Waals surface area contributed by atoms with Gasteiger partial charge in [0.1, 0.15) is 17.0 Å². The van der Waals surface area contributed by atoms with E-state index in [1.165, 1.54) is 17.8 Å². The molecule has 1 aliphatic carbocycles. The number of fused-ring (bicyclic) bond motifs is 1. The van der Waals surface area contributed by atoms with Gasteiger partial charge in [-0.15, -0.1) is 11.3 Å². The van der Waals surface area contributed by atoms with Crippen LogP contribution in [0.5, 0.6) is 0 Å². The molecule has 2 fully saturated rings. The Hall–Kier alpha value is -2.32. The van der Waals surface area contributed by atoms with E-state index in [-0.39, 0.29) is 17.2 Å². The Labute approximate surface area is 196 Å². The number of pyridine rings is 1. The Morgan fingerprint density at radius 1 is 1.06 bits per heavy atom. The minimum absolute atomic E-state index is 0.105. The Bertz CT molecular complexity index is 1280. The van der Waals surface area contributed by atoms with Crippen molar-refractivity contribution in [1.82, 2.24) is 14.0 Å². The number of hydrogen-bond acceptors (Lipinski definition) is 6. The largest absolute Gasteiger partial charge is 0.356 e. The average molecular weight is 469 g/mol. The minimum atomic E-state index is -0.148. The fourth-order valence-corrected chi connectivity index (χ4v) is 6.45. The van der Waals surface area contributed by atoms with Gasteiger partial charge in [0.05, 0.1) is 4.88 Å². The number of rotatable bonds is 3. The van der Waals surface area contributed by atoms with Gasteiger partial charge in [-0.2, -0.15) is 0 Å². The maximum Gasteiger partial charge on any atom is 0.268 e. The molecule has 3 aromatic rings. The molecule has 32 heavy (non-hydrogen) atoms. The van der Waals surface area contributed by atoms with Crippen LogP contribution in [0.25, 0.3) is 16.1 Å². The van der Waals surface area contributed by atoms with Crippen LogP contribution < -0.4 is 16.0 Å². The molecule has 0 spiro atoms. The number of anilines is 1. The summed E-state index contributed by atoms with van der Waals surface area (Å²) in [5.41, 5.74) is 0.859. The Morgan fingerprint density at radius 2 is 1.81 bits per heavy atom. The molecular weight excluding hydrogens is 440 g/mol. The van der Waals surface area contributed by atoms with Crippen molar-refractivity contribution in [2.75, 3.05) is 18.0 Å². The van der Waals surface area contributed by atoms with Crippen LogP contribution in [-0.4, -0.2) is 27.0 Å². The lowest BCUT2D eigenvalue weighted by Gasteiger charge is -2.32. The molecular formula is C24H28N4O2S2. The third-order valence-corrected chi connectivity index (χ3v) is 8.23. The van der Waals surface area contributed by atoms with Crippen LogP contribution in [0.1, 0.15) is 57.9 Å². The number of nitrogens with zero attached hydrogens (tertiary/aromatic N) is 4. The van der Waals surface area contributed by atoms with Crippen LogP contribution in [0.2, 0.25) is 0 Å². The second-order valence-corrected chi connectivity index (χ2v) is 10.8. The summed E-state index contributed by atoms with van der Waals surface area (Å²) in [5, 5.41) is 0. The van der Waals surface area contributed by atoms with Crippen molar-refractivity contribution in [2.24, 2.45) is 5.92 Å². The fraction of sp³-hybridized carbons (Fsp3) is 0.500. The van der Waals surface area contributed by atoms with Crippen LogP contribution >= 0.6 is 23.6 Å². The van der Waals surface area contributed by atoms with Crippen LogP contribution in [-0.2, 0) is 0 Å². The average Bonchev–Trinajstić information content (AvgIpc) is 2.80. The first-order valence-corrected chi connectivity index (χ1v) is 12.8. The zero-order valence-corrected chi connectivity index (χ0v) is 20.0. The van der Waals surface area contributed by atoms with E-state index >= 15 is 0 Å². The third kappa shape index (κ3) is 3.94. The lowest BCUT2D eigenvalue weighted by atomic mass is 9.95. The number of piperidine rings is 1. The van der Waals surface area contributed by atoms with Gasteiger partial charge in [-0.1, -0.05) is 32.3 Å². The highest BCUT2D eigenvalue weighted by Crippen LogP contribution is 2.33. The molecule has 168 valence electrons. The summed E-state index contributed by atoms with van der Waals surface area (Å²) in [4.78, 5) is 34.5. The lowest BCUT2D eigenvalue weighted by Crippen LogP contribution is -2.35. The van der Waals surface area contributed by atoms with E-state index in [0.717, 1.165) is 51.6 Å². The maximum atomic E-state index is 13.6. The normalized spacial score (nSPS) is 18.3. The van der Waals surface area contributed by atoms with Gasteiger partial charge in [-0.05, 0) is 56.0 Å². The highest BCUT2D eigenvalue weighted by Gasteiger charge is 2.25. The predicted molar refractivity (Wildman–Crippen MR) is 133 cm³/mol. The highest BCUT2D eigenvalue weighted by molar-refractivity contribution is 7.73. The quantitative estimate of drug-likeness (QED) is 0.503. The Balaban J connectivity index is 1.68. The van der Waals surface area contributed by atoms with Crippen molar-refractivity contribution in [3.8, 4) is 10.4 Å².